The highest BCUT2D eigenvalue weighted by Crippen LogP contribution is 2.31. The van der Waals surface area contributed by atoms with Crippen LogP contribution in [0.1, 0.15) is 32.4 Å². The zero-order chi connectivity index (χ0) is 19.9. The minimum atomic E-state index is -4.34. The maximum Gasteiger partial charge on any atom is 0.416 e. The van der Waals surface area contributed by atoms with E-state index in [0.717, 1.165) is 60.1 Å². The van der Waals surface area contributed by atoms with Crippen molar-refractivity contribution in [2.45, 2.75) is 39.5 Å². The Hall–Kier alpha value is -2.32. The highest BCUT2D eigenvalue weighted by Gasteiger charge is 2.30. The third-order valence-electron chi connectivity index (χ3n) is 4.85. The van der Waals surface area contributed by atoms with Gasteiger partial charge in [-0.25, -0.2) is 15.0 Å². The quantitative estimate of drug-likeness (QED) is 0.629. The Labute approximate surface area is 165 Å². The van der Waals surface area contributed by atoms with Crippen molar-refractivity contribution in [3.8, 4) is 11.4 Å². The van der Waals surface area contributed by atoms with Gasteiger partial charge in [0, 0.05) is 48.3 Å². The van der Waals surface area contributed by atoms with Gasteiger partial charge in [0.2, 0.25) is 0 Å². The Morgan fingerprint density at radius 3 is 2.50 bits per heavy atom. The molecule has 3 heterocycles. The normalized spacial score (nSPS) is 14.9. The van der Waals surface area contributed by atoms with Crippen LogP contribution in [0.5, 0.6) is 0 Å². The predicted molar refractivity (Wildman–Crippen MR) is 102 cm³/mol. The number of rotatable bonds is 3. The molecule has 0 bridgehead atoms. The number of aryl methyl sites for hydroxylation is 2. The molecule has 4 rings (SSSR count). The summed E-state index contributed by atoms with van der Waals surface area (Å²) in [5.74, 6) is 0.467. The molecule has 0 atom stereocenters. The van der Waals surface area contributed by atoms with Gasteiger partial charge in [-0.05, 0) is 26.0 Å². The lowest BCUT2D eigenvalue weighted by molar-refractivity contribution is -0.137. The van der Waals surface area contributed by atoms with E-state index in [-0.39, 0.29) is 0 Å². The Kier molecular flexibility index (Phi) is 4.93. The number of halogens is 3. The molecule has 0 N–H and O–H groups in total. The fourth-order valence-electron chi connectivity index (χ4n) is 3.38. The number of alkyl halides is 3. The van der Waals surface area contributed by atoms with Gasteiger partial charge in [0.1, 0.15) is 0 Å². The maximum atomic E-state index is 12.7. The molecule has 3 aromatic rings. The Morgan fingerprint density at radius 1 is 1.11 bits per heavy atom. The van der Waals surface area contributed by atoms with Crippen LogP contribution in [-0.2, 0) is 25.7 Å². The number of hydrogen-bond donors (Lipinski definition) is 0. The van der Waals surface area contributed by atoms with Gasteiger partial charge in [-0.3, -0.25) is 4.90 Å². The second-order valence-corrected chi connectivity index (χ2v) is 8.23. The standard InChI is InChI=1S/C20H19F3N4S/c1-12-18(28-13(2)25-12)11-27-8-7-17-15(10-27)9-24-19(26-17)14-3-5-16(6-4-14)20(21,22)23/h3-6,9H,7-8,10-11H2,1-2H3. The lowest BCUT2D eigenvalue weighted by atomic mass is 10.1. The minimum absolute atomic E-state index is 0.467. The average Bonchev–Trinajstić information content (AvgIpc) is 2.97. The van der Waals surface area contributed by atoms with E-state index in [1.807, 2.05) is 13.8 Å². The molecule has 8 heteroatoms. The Balaban J connectivity index is 1.50. The van der Waals surface area contributed by atoms with Crippen LogP contribution in [0.4, 0.5) is 13.2 Å². The summed E-state index contributed by atoms with van der Waals surface area (Å²) in [5, 5.41) is 1.08. The van der Waals surface area contributed by atoms with Crippen LogP contribution in [0, 0.1) is 13.8 Å². The fourth-order valence-corrected chi connectivity index (χ4v) is 4.36. The van der Waals surface area contributed by atoms with Crippen LogP contribution in [0.3, 0.4) is 0 Å². The SMILES string of the molecule is Cc1nc(C)c(CN2CCc3nc(-c4ccc(C(F)(F)F)cc4)ncc3C2)s1. The van der Waals surface area contributed by atoms with Gasteiger partial charge < -0.3 is 0 Å². The predicted octanol–water partition coefficient (Wildman–Crippen LogP) is 4.79. The molecule has 1 aliphatic rings. The van der Waals surface area contributed by atoms with E-state index >= 15 is 0 Å². The van der Waals surface area contributed by atoms with E-state index in [2.05, 4.69) is 19.9 Å². The summed E-state index contributed by atoms with van der Waals surface area (Å²) in [6, 6.07) is 4.99. The summed E-state index contributed by atoms with van der Waals surface area (Å²) >= 11 is 1.73. The molecule has 2 aromatic heterocycles. The van der Waals surface area contributed by atoms with Crippen molar-refractivity contribution in [2.75, 3.05) is 6.54 Å². The highest BCUT2D eigenvalue weighted by molar-refractivity contribution is 7.11. The van der Waals surface area contributed by atoms with E-state index in [1.165, 1.54) is 17.0 Å². The number of nitrogens with zero attached hydrogens (tertiary/aromatic N) is 4. The lowest BCUT2D eigenvalue weighted by Gasteiger charge is -2.27. The summed E-state index contributed by atoms with van der Waals surface area (Å²) in [4.78, 5) is 17.1. The van der Waals surface area contributed by atoms with Crippen molar-refractivity contribution in [3.63, 3.8) is 0 Å². The molecule has 146 valence electrons. The first kappa shape index (κ1) is 19.0. The zero-order valence-electron chi connectivity index (χ0n) is 15.5. The molecule has 0 amide bonds. The van der Waals surface area contributed by atoms with Crippen LogP contribution < -0.4 is 0 Å². The van der Waals surface area contributed by atoms with Crippen LogP contribution in [0.25, 0.3) is 11.4 Å². The van der Waals surface area contributed by atoms with Gasteiger partial charge in [0.05, 0.1) is 22.0 Å². The van der Waals surface area contributed by atoms with Crippen molar-refractivity contribution < 1.29 is 13.2 Å². The second-order valence-electron chi connectivity index (χ2n) is 6.94. The summed E-state index contributed by atoms with van der Waals surface area (Å²) < 4.78 is 38.2. The van der Waals surface area contributed by atoms with E-state index in [4.69, 9.17) is 0 Å². The van der Waals surface area contributed by atoms with Gasteiger partial charge in [0.25, 0.3) is 0 Å². The smallest absolute Gasteiger partial charge is 0.293 e. The van der Waals surface area contributed by atoms with Crippen LogP contribution in [0.15, 0.2) is 30.5 Å². The molecule has 4 nitrogen and oxygen atoms in total. The van der Waals surface area contributed by atoms with Crippen molar-refractivity contribution in [1.29, 1.82) is 0 Å². The zero-order valence-corrected chi connectivity index (χ0v) is 16.4. The molecule has 0 saturated carbocycles. The Morgan fingerprint density at radius 2 is 1.86 bits per heavy atom. The lowest BCUT2D eigenvalue weighted by Crippen LogP contribution is -2.30. The number of hydrogen-bond acceptors (Lipinski definition) is 5. The van der Waals surface area contributed by atoms with Crippen LogP contribution >= 0.6 is 11.3 Å². The van der Waals surface area contributed by atoms with Crippen molar-refractivity contribution in [2.24, 2.45) is 0 Å². The summed E-state index contributed by atoms with van der Waals surface area (Å²) in [6.45, 7) is 6.56. The highest BCUT2D eigenvalue weighted by atomic mass is 32.1. The molecule has 1 aliphatic heterocycles. The van der Waals surface area contributed by atoms with E-state index in [0.29, 0.717) is 11.4 Å². The molecule has 0 radical (unpaired) electrons. The van der Waals surface area contributed by atoms with E-state index < -0.39 is 11.7 Å². The van der Waals surface area contributed by atoms with Crippen molar-refractivity contribution in [3.05, 3.63) is 62.9 Å². The minimum Gasteiger partial charge on any atom is -0.293 e. The molecular weight excluding hydrogens is 385 g/mol. The number of aromatic nitrogens is 3. The summed E-state index contributed by atoms with van der Waals surface area (Å²) in [5.41, 5.74) is 3.05. The maximum absolute atomic E-state index is 12.7. The molecular formula is C20H19F3N4S. The van der Waals surface area contributed by atoms with Crippen molar-refractivity contribution >= 4 is 11.3 Å². The van der Waals surface area contributed by atoms with Gasteiger partial charge in [-0.2, -0.15) is 13.2 Å². The van der Waals surface area contributed by atoms with Gasteiger partial charge in [0.15, 0.2) is 5.82 Å². The topological polar surface area (TPSA) is 41.9 Å². The Bertz CT molecular complexity index is 996. The van der Waals surface area contributed by atoms with Gasteiger partial charge in [-0.1, -0.05) is 12.1 Å². The third kappa shape index (κ3) is 3.93. The van der Waals surface area contributed by atoms with Gasteiger partial charge in [-0.15, -0.1) is 11.3 Å². The van der Waals surface area contributed by atoms with Crippen molar-refractivity contribution in [1.82, 2.24) is 19.9 Å². The molecule has 1 aromatic carbocycles. The fraction of sp³-hybridized carbons (Fsp3) is 0.350. The van der Waals surface area contributed by atoms with Crippen LogP contribution in [0.2, 0.25) is 0 Å². The molecule has 0 unspecified atom stereocenters. The molecule has 0 spiro atoms. The monoisotopic (exact) mass is 404 g/mol. The molecule has 0 aliphatic carbocycles. The average molecular weight is 404 g/mol. The first-order chi connectivity index (χ1) is 13.3. The molecule has 28 heavy (non-hydrogen) atoms. The van der Waals surface area contributed by atoms with E-state index in [1.54, 1.807) is 17.5 Å². The third-order valence-corrected chi connectivity index (χ3v) is 5.91. The first-order valence-electron chi connectivity index (χ1n) is 8.97. The number of fused-ring (bicyclic) bond motifs is 1. The second kappa shape index (κ2) is 7.25. The van der Waals surface area contributed by atoms with Crippen LogP contribution in [-0.4, -0.2) is 26.4 Å². The molecule has 0 saturated heterocycles. The summed E-state index contributed by atoms with van der Waals surface area (Å²) in [7, 11) is 0. The largest absolute Gasteiger partial charge is 0.416 e. The molecule has 0 fully saturated rings. The number of benzene rings is 1. The van der Waals surface area contributed by atoms with E-state index in [9.17, 15) is 13.2 Å². The number of thiazole rings is 1. The first-order valence-corrected chi connectivity index (χ1v) is 9.79. The van der Waals surface area contributed by atoms with Gasteiger partial charge >= 0.3 is 6.18 Å². The summed E-state index contributed by atoms with van der Waals surface area (Å²) in [6.07, 6.45) is -1.75.